The van der Waals surface area contributed by atoms with Gasteiger partial charge in [0.25, 0.3) is 5.56 Å². The van der Waals surface area contributed by atoms with Gasteiger partial charge in [-0.25, -0.2) is 14.8 Å². The Hall–Kier alpha value is -4.13. The van der Waals surface area contributed by atoms with Gasteiger partial charge in [-0.2, -0.15) is 5.26 Å². The van der Waals surface area contributed by atoms with E-state index in [0.717, 1.165) is 6.42 Å². The van der Waals surface area contributed by atoms with Gasteiger partial charge in [0.1, 0.15) is 16.9 Å². The van der Waals surface area contributed by atoms with Gasteiger partial charge in [0.05, 0.1) is 16.8 Å². The molecule has 1 fully saturated rings. The molecule has 4 heterocycles. The molecule has 1 aromatic carbocycles. The second-order valence-electron chi connectivity index (χ2n) is 9.08. The molecule has 192 valence electrons. The summed E-state index contributed by atoms with van der Waals surface area (Å²) in [6, 6.07) is 16.3. The molecule has 9 nitrogen and oxygen atoms in total. The number of pyridine rings is 2. The maximum atomic E-state index is 13.4. The number of benzene rings is 1. The van der Waals surface area contributed by atoms with E-state index < -0.39 is 17.6 Å². The number of nitrogens with zero attached hydrogens (tertiary/aromatic N) is 5. The number of anilines is 2. The highest BCUT2D eigenvalue weighted by atomic mass is 35.5. The van der Waals surface area contributed by atoms with Crippen LogP contribution in [0.3, 0.4) is 0 Å². The lowest BCUT2D eigenvalue weighted by molar-refractivity contribution is 0.0691. The van der Waals surface area contributed by atoms with Crippen molar-refractivity contribution in [2.75, 3.05) is 23.3 Å². The van der Waals surface area contributed by atoms with Crippen molar-refractivity contribution in [1.82, 2.24) is 14.4 Å². The third-order valence-corrected chi connectivity index (χ3v) is 7.09. The molecule has 0 radical (unpaired) electrons. The van der Waals surface area contributed by atoms with Crippen molar-refractivity contribution >= 4 is 46.3 Å². The highest BCUT2D eigenvalue weighted by Crippen LogP contribution is 2.33. The van der Waals surface area contributed by atoms with Gasteiger partial charge in [-0.3, -0.25) is 9.20 Å². The highest BCUT2D eigenvalue weighted by molar-refractivity contribution is 6.30. The first-order valence-corrected chi connectivity index (χ1v) is 12.6. The number of nitrogens with one attached hydrogen (secondary N) is 1. The van der Waals surface area contributed by atoms with Crippen LogP contribution in [0.2, 0.25) is 10.2 Å². The number of aromatic carboxylic acids is 1. The Balaban J connectivity index is 1.58. The molecule has 11 heteroatoms. The van der Waals surface area contributed by atoms with Crippen molar-refractivity contribution in [3.8, 4) is 6.07 Å². The number of rotatable bonds is 6. The van der Waals surface area contributed by atoms with Crippen molar-refractivity contribution in [2.45, 2.75) is 25.3 Å². The van der Waals surface area contributed by atoms with Gasteiger partial charge in [-0.15, -0.1) is 0 Å². The zero-order valence-corrected chi connectivity index (χ0v) is 21.7. The Morgan fingerprint density at radius 2 is 1.97 bits per heavy atom. The lowest BCUT2D eigenvalue weighted by Gasteiger charge is -2.22. The van der Waals surface area contributed by atoms with Crippen LogP contribution < -0.4 is 15.8 Å². The maximum Gasteiger partial charge on any atom is 0.356 e. The number of hydrogen-bond acceptors (Lipinski definition) is 7. The molecular weight excluding hydrogens is 527 g/mol. The molecule has 0 spiro atoms. The minimum atomic E-state index is -1.24. The standard InChI is InChI=1S/C27H22Cl2N6O3/c1-15(31-21-7-8-22(29)32-23(21)27(37)38)19-11-18(28)14-35-25(19)33-24(20(12-30)26(35)36)34-10-9-17(13-34)16-5-3-2-4-6-16/h2-8,11,14-15,17,31H,9-10,13H2,1H3,(H,37,38)/t15?,17-/m1/s1. The second kappa shape index (κ2) is 10.3. The van der Waals surface area contributed by atoms with E-state index in [9.17, 15) is 20.0 Å². The Bertz CT molecular complexity index is 1650. The van der Waals surface area contributed by atoms with Crippen LogP contribution in [0.5, 0.6) is 0 Å². The molecule has 2 N–H and O–H groups in total. The van der Waals surface area contributed by atoms with Crippen LogP contribution in [-0.4, -0.2) is 38.5 Å². The number of aromatic nitrogens is 3. The fourth-order valence-electron chi connectivity index (χ4n) is 4.84. The maximum absolute atomic E-state index is 13.4. The molecule has 1 saturated heterocycles. The van der Waals surface area contributed by atoms with Gasteiger partial charge in [0.2, 0.25) is 0 Å². The van der Waals surface area contributed by atoms with E-state index in [4.69, 9.17) is 28.2 Å². The molecule has 1 aliphatic rings. The van der Waals surface area contributed by atoms with E-state index in [1.807, 2.05) is 29.2 Å². The predicted octanol–water partition coefficient (Wildman–Crippen LogP) is 5.13. The van der Waals surface area contributed by atoms with Gasteiger partial charge in [-0.05, 0) is 37.1 Å². The number of carboxylic acid groups (broad SMARTS) is 1. The van der Waals surface area contributed by atoms with E-state index in [-0.39, 0.29) is 33.0 Å². The number of fused-ring (bicyclic) bond motifs is 1. The molecule has 3 aromatic heterocycles. The minimum Gasteiger partial charge on any atom is -0.476 e. The number of halogens is 2. The van der Waals surface area contributed by atoms with Crippen LogP contribution in [0.15, 0.2) is 59.5 Å². The Morgan fingerprint density at radius 1 is 1.21 bits per heavy atom. The van der Waals surface area contributed by atoms with Crippen LogP contribution in [0, 0.1) is 11.3 Å². The SMILES string of the molecule is CC(Nc1ccc(Cl)nc1C(=O)O)c1cc(Cl)cn2c(=O)c(C#N)c(N3CC[C@@H](c4ccccc4)C3)nc12. The average Bonchev–Trinajstić information content (AvgIpc) is 3.40. The van der Waals surface area contributed by atoms with E-state index in [0.29, 0.717) is 30.1 Å². The van der Waals surface area contributed by atoms with Crippen molar-refractivity contribution in [3.63, 3.8) is 0 Å². The van der Waals surface area contributed by atoms with Gasteiger partial charge in [-0.1, -0.05) is 53.5 Å². The lowest BCUT2D eigenvalue weighted by Crippen LogP contribution is -2.28. The molecule has 5 rings (SSSR count). The van der Waals surface area contributed by atoms with Crippen molar-refractivity contribution in [1.29, 1.82) is 5.26 Å². The molecule has 1 unspecified atom stereocenters. The normalized spacial score (nSPS) is 15.8. The summed E-state index contributed by atoms with van der Waals surface area (Å²) >= 11 is 12.3. The van der Waals surface area contributed by atoms with Gasteiger partial charge >= 0.3 is 5.97 Å². The van der Waals surface area contributed by atoms with Gasteiger partial charge < -0.3 is 15.3 Å². The van der Waals surface area contributed by atoms with Crippen molar-refractivity contribution < 1.29 is 9.90 Å². The van der Waals surface area contributed by atoms with Crippen molar-refractivity contribution in [2.24, 2.45) is 0 Å². The van der Waals surface area contributed by atoms with Crippen LogP contribution in [-0.2, 0) is 0 Å². The van der Waals surface area contributed by atoms with Crippen LogP contribution in [0.4, 0.5) is 11.5 Å². The summed E-state index contributed by atoms with van der Waals surface area (Å²) in [4.78, 5) is 35.8. The van der Waals surface area contributed by atoms with E-state index in [1.165, 1.54) is 28.3 Å². The zero-order valence-electron chi connectivity index (χ0n) is 20.2. The third-order valence-electron chi connectivity index (χ3n) is 6.67. The van der Waals surface area contributed by atoms with Gasteiger partial charge in [0, 0.05) is 30.8 Å². The Labute approximate surface area is 227 Å². The third kappa shape index (κ3) is 4.76. The van der Waals surface area contributed by atoms with Crippen LogP contribution in [0.1, 0.15) is 52.5 Å². The molecule has 1 aliphatic heterocycles. The second-order valence-corrected chi connectivity index (χ2v) is 9.90. The fraction of sp³-hybridized carbons (Fsp3) is 0.222. The number of nitriles is 1. The Kier molecular flexibility index (Phi) is 6.93. The zero-order chi connectivity index (χ0) is 27.0. The van der Waals surface area contributed by atoms with E-state index in [1.54, 1.807) is 13.0 Å². The number of carbonyl (C=O) groups is 1. The summed E-state index contributed by atoms with van der Waals surface area (Å²) in [5.74, 6) is -0.665. The molecule has 0 aliphatic carbocycles. The smallest absolute Gasteiger partial charge is 0.356 e. The van der Waals surface area contributed by atoms with E-state index in [2.05, 4.69) is 22.4 Å². The number of carboxylic acids is 1. The first-order valence-electron chi connectivity index (χ1n) is 11.9. The molecular formula is C27H22Cl2N6O3. The molecule has 2 atom stereocenters. The predicted molar refractivity (Wildman–Crippen MR) is 145 cm³/mol. The largest absolute Gasteiger partial charge is 0.476 e. The summed E-state index contributed by atoms with van der Waals surface area (Å²) in [5, 5.41) is 22.9. The number of hydrogen-bond donors (Lipinski definition) is 2. The lowest BCUT2D eigenvalue weighted by atomic mass is 9.99. The summed E-state index contributed by atoms with van der Waals surface area (Å²) in [6.45, 7) is 3.06. The van der Waals surface area contributed by atoms with Crippen LogP contribution >= 0.6 is 23.2 Å². The summed E-state index contributed by atoms with van der Waals surface area (Å²) in [7, 11) is 0. The monoisotopic (exact) mass is 548 g/mol. The highest BCUT2D eigenvalue weighted by Gasteiger charge is 2.29. The van der Waals surface area contributed by atoms with Crippen molar-refractivity contribution in [3.05, 3.63) is 97.6 Å². The topological polar surface area (TPSA) is 124 Å². The quantitative estimate of drug-likeness (QED) is 0.317. The summed E-state index contributed by atoms with van der Waals surface area (Å²) in [5.41, 5.74) is 1.49. The van der Waals surface area contributed by atoms with Gasteiger partial charge in [0.15, 0.2) is 17.1 Å². The van der Waals surface area contributed by atoms with E-state index >= 15 is 0 Å². The molecule has 38 heavy (non-hydrogen) atoms. The van der Waals surface area contributed by atoms with Crippen LogP contribution in [0.25, 0.3) is 5.65 Å². The summed E-state index contributed by atoms with van der Waals surface area (Å²) < 4.78 is 1.26. The summed E-state index contributed by atoms with van der Waals surface area (Å²) in [6.07, 6.45) is 2.29. The average molecular weight is 549 g/mol. The fourth-order valence-corrected chi connectivity index (χ4v) is 5.20. The first kappa shape index (κ1) is 25.5. The Morgan fingerprint density at radius 3 is 2.68 bits per heavy atom. The molecule has 0 saturated carbocycles. The minimum absolute atomic E-state index is 0.0510. The first-order chi connectivity index (χ1) is 18.3. The molecule has 4 aromatic rings. The molecule has 0 amide bonds. The molecule has 0 bridgehead atoms.